The summed E-state index contributed by atoms with van der Waals surface area (Å²) in [7, 11) is -0.129. The smallest absolute Gasteiger partial charge is 0.251 e. The molecule has 0 atom stereocenters. The lowest BCUT2D eigenvalue weighted by molar-refractivity contribution is 0.0954. The first-order valence-electron chi connectivity index (χ1n) is 8.47. The van der Waals surface area contributed by atoms with Gasteiger partial charge in [-0.25, -0.2) is 8.42 Å². The van der Waals surface area contributed by atoms with Gasteiger partial charge in [0, 0.05) is 31.7 Å². The number of rotatable bonds is 7. The molecule has 1 aliphatic carbocycles. The van der Waals surface area contributed by atoms with Gasteiger partial charge in [0.15, 0.2) is 0 Å². The molecular weight excluding hydrogens is 326 g/mol. The Labute approximate surface area is 144 Å². The van der Waals surface area contributed by atoms with Crippen LogP contribution in [0.25, 0.3) is 0 Å². The first-order valence-corrected chi connectivity index (χ1v) is 9.91. The van der Waals surface area contributed by atoms with Gasteiger partial charge in [-0.1, -0.05) is 25.3 Å². The van der Waals surface area contributed by atoms with Crippen molar-refractivity contribution in [3.63, 3.8) is 0 Å². The highest BCUT2D eigenvalue weighted by Gasteiger charge is 2.29. The molecule has 1 aliphatic rings. The Balaban J connectivity index is 2.15. The van der Waals surface area contributed by atoms with Crippen molar-refractivity contribution >= 4 is 15.9 Å². The lowest BCUT2D eigenvalue weighted by Crippen LogP contribution is -2.38. The number of nitrogens with zero attached hydrogens (tertiary/aromatic N) is 1. The lowest BCUT2D eigenvalue weighted by atomic mass is 9.96. The fourth-order valence-corrected chi connectivity index (χ4v) is 4.47. The molecule has 134 valence electrons. The van der Waals surface area contributed by atoms with Crippen LogP contribution < -0.4 is 10.6 Å². The molecule has 0 radical (unpaired) electrons. The molecule has 2 rings (SSSR count). The molecule has 0 aromatic heterocycles. The standard InChI is InChI=1S/C17H27N3O3S/c1-18-11-12-19-17(21)14-7-6-10-16(13-14)24(22,23)20(2)15-8-4-3-5-9-15/h6-7,10,13,15,18H,3-5,8-9,11-12H2,1-2H3,(H,19,21). The van der Waals surface area contributed by atoms with Gasteiger partial charge in [0.05, 0.1) is 4.90 Å². The molecule has 1 saturated carbocycles. The van der Waals surface area contributed by atoms with E-state index in [1.54, 1.807) is 32.3 Å². The molecule has 0 unspecified atom stereocenters. The maximum absolute atomic E-state index is 12.9. The van der Waals surface area contributed by atoms with Crippen molar-refractivity contribution in [2.75, 3.05) is 27.2 Å². The van der Waals surface area contributed by atoms with Crippen LogP contribution in [-0.2, 0) is 10.0 Å². The molecule has 2 N–H and O–H groups in total. The van der Waals surface area contributed by atoms with E-state index in [2.05, 4.69) is 10.6 Å². The van der Waals surface area contributed by atoms with Crippen molar-refractivity contribution in [3.05, 3.63) is 29.8 Å². The largest absolute Gasteiger partial charge is 0.351 e. The van der Waals surface area contributed by atoms with Gasteiger partial charge in [0.25, 0.3) is 5.91 Å². The summed E-state index contributed by atoms with van der Waals surface area (Å²) < 4.78 is 27.2. The number of carbonyl (C=O) groups is 1. The molecule has 1 aromatic carbocycles. The third-order valence-electron chi connectivity index (χ3n) is 4.52. The second-order valence-corrected chi connectivity index (χ2v) is 8.20. The van der Waals surface area contributed by atoms with Crippen LogP contribution in [0, 0.1) is 0 Å². The SMILES string of the molecule is CNCCNC(=O)c1cccc(S(=O)(=O)N(C)C2CCCCC2)c1. The van der Waals surface area contributed by atoms with Gasteiger partial charge in [-0.15, -0.1) is 0 Å². The summed E-state index contributed by atoms with van der Waals surface area (Å²) in [4.78, 5) is 12.3. The van der Waals surface area contributed by atoms with Crippen LogP contribution in [-0.4, -0.2) is 51.9 Å². The average Bonchev–Trinajstić information content (AvgIpc) is 2.62. The summed E-state index contributed by atoms with van der Waals surface area (Å²) in [6, 6.07) is 6.32. The molecule has 1 amide bonds. The Bertz CT molecular complexity index is 655. The molecule has 0 spiro atoms. The molecule has 7 heteroatoms. The van der Waals surface area contributed by atoms with E-state index >= 15 is 0 Å². The van der Waals surface area contributed by atoms with Crippen LogP contribution in [0.15, 0.2) is 29.2 Å². The van der Waals surface area contributed by atoms with Gasteiger partial charge >= 0.3 is 0 Å². The van der Waals surface area contributed by atoms with E-state index < -0.39 is 10.0 Å². The summed E-state index contributed by atoms with van der Waals surface area (Å²) >= 11 is 0. The summed E-state index contributed by atoms with van der Waals surface area (Å²) in [5.41, 5.74) is 0.365. The van der Waals surface area contributed by atoms with Gasteiger partial charge in [-0.3, -0.25) is 4.79 Å². The quantitative estimate of drug-likeness (QED) is 0.730. The third kappa shape index (κ3) is 4.55. The highest BCUT2D eigenvalue weighted by atomic mass is 32.2. The number of nitrogens with one attached hydrogen (secondary N) is 2. The zero-order valence-corrected chi connectivity index (χ0v) is 15.2. The molecule has 0 heterocycles. The molecule has 0 aliphatic heterocycles. The topological polar surface area (TPSA) is 78.5 Å². The monoisotopic (exact) mass is 353 g/mol. The third-order valence-corrected chi connectivity index (χ3v) is 6.43. The van der Waals surface area contributed by atoms with Crippen molar-refractivity contribution in [3.8, 4) is 0 Å². The normalized spacial score (nSPS) is 16.3. The van der Waals surface area contributed by atoms with Crippen molar-refractivity contribution in [1.29, 1.82) is 0 Å². The zero-order valence-electron chi connectivity index (χ0n) is 14.4. The fourth-order valence-electron chi connectivity index (χ4n) is 3.01. The van der Waals surface area contributed by atoms with Crippen LogP contribution in [0.4, 0.5) is 0 Å². The Morgan fingerprint density at radius 3 is 2.58 bits per heavy atom. The Hall–Kier alpha value is -1.44. The van der Waals surface area contributed by atoms with Gasteiger partial charge in [0.2, 0.25) is 10.0 Å². The first-order chi connectivity index (χ1) is 11.5. The molecule has 24 heavy (non-hydrogen) atoms. The number of hydrogen-bond acceptors (Lipinski definition) is 4. The summed E-state index contributed by atoms with van der Waals surface area (Å²) in [5.74, 6) is -0.261. The predicted octanol–water partition coefficient (Wildman–Crippen LogP) is 1.59. The van der Waals surface area contributed by atoms with E-state index in [4.69, 9.17) is 0 Å². The Kier molecular flexibility index (Phi) is 6.77. The van der Waals surface area contributed by atoms with E-state index in [0.29, 0.717) is 18.7 Å². The fraction of sp³-hybridized carbons (Fsp3) is 0.588. The van der Waals surface area contributed by atoms with Crippen molar-refractivity contribution < 1.29 is 13.2 Å². The zero-order chi connectivity index (χ0) is 17.6. The predicted molar refractivity (Wildman–Crippen MR) is 94.5 cm³/mol. The second-order valence-electron chi connectivity index (χ2n) is 6.20. The Morgan fingerprint density at radius 1 is 1.21 bits per heavy atom. The van der Waals surface area contributed by atoms with Crippen molar-refractivity contribution in [1.82, 2.24) is 14.9 Å². The van der Waals surface area contributed by atoms with Gasteiger partial charge < -0.3 is 10.6 Å². The summed E-state index contributed by atoms with van der Waals surface area (Å²) in [5, 5.41) is 5.71. The van der Waals surface area contributed by atoms with E-state index in [-0.39, 0.29) is 16.8 Å². The van der Waals surface area contributed by atoms with Crippen LogP contribution in [0.5, 0.6) is 0 Å². The van der Waals surface area contributed by atoms with E-state index in [9.17, 15) is 13.2 Å². The number of likely N-dealkylation sites (N-methyl/N-ethyl adjacent to an activating group) is 1. The number of sulfonamides is 1. The molecular formula is C17H27N3O3S. The summed E-state index contributed by atoms with van der Waals surface area (Å²) in [6.07, 6.45) is 5.11. The van der Waals surface area contributed by atoms with Crippen LogP contribution in [0.3, 0.4) is 0 Å². The van der Waals surface area contributed by atoms with E-state index in [1.807, 2.05) is 0 Å². The molecule has 1 aromatic rings. The van der Waals surface area contributed by atoms with Gasteiger partial charge in [-0.2, -0.15) is 4.31 Å². The molecule has 6 nitrogen and oxygen atoms in total. The molecule has 0 bridgehead atoms. The number of hydrogen-bond donors (Lipinski definition) is 2. The van der Waals surface area contributed by atoms with Crippen molar-refractivity contribution in [2.24, 2.45) is 0 Å². The van der Waals surface area contributed by atoms with Crippen molar-refractivity contribution in [2.45, 2.75) is 43.0 Å². The van der Waals surface area contributed by atoms with Gasteiger partial charge in [-0.05, 0) is 38.1 Å². The van der Waals surface area contributed by atoms with Gasteiger partial charge in [0.1, 0.15) is 0 Å². The number of benzene rings is 1. The highest BCUT2D eigenvalue weighted by Crippen LogP contribution is 2.26. The van der Waals surface area contributed by atoms with Crippen LogP contribution in [0.2, 0.25) is 0 Å². The number of amides is 1. The Morgan fingerprint density at radius 2 is 1.92 bits per heavy atom. The second kappa shape index (κ2) is 8.60. The first kappa shape index (κ1) is 18.9. The summed E-state index contributed by atoms with van der Waals surface area (Å²) in [6.45, 7) is 1.16. The van der Waals surface area contributed by atoms with E-state index in [1.165, 1.54) is 16.8 Å². The number of carbonyl (C=O) groups excluding carboxylic acids is 1. The molecule has 1 fully saturated rings. The maximum atomic E-state index is 12.9. The minimum atomic E-state index is -3.58. The van der Waals surface area contributed by atoms with E-state index in [0.717, 1.165) is 25.7 Å². The van der Waals surface area contributed by atoms with Crippen LogP contribution in [0.1, 0.15) is 42.5 Å². The molecule has 0 saturated heterocycles. The minimum Gasteiger partial charge on any atom is -0.351 e. The highest BCUT2D eigenvalue weighted by molar-refractivity contribution is 7.89. The lowest BCUT2D eigenvalue weighted by Gasteiger charge is -2.30. The van der Waals surface area contributed by atoms with Crippen LogP contribution >= 0.6 is 0 Å². The minimum absolute atomic E-state index is 0.0526. The average molecular weight is 353 g/mol. The maximum Gasteiger partial charge on any atom is 0.251 e.